The Morgan fingerprint density at radius 2 is 1.80 bits per heavy atom. The molecule has 10 nitrogen and oxygen atoms in total. The quantitative estimate of drug-likeness (QED) is 0.415. The van der Waals surface area contributed by atoms with Gasteiger partial charge in [-0.2, -0.15) is 28.5 Å². The van der Waals surface area contributed by atoms with Crippen molar-refractivity contribution in [3.05, 3.63) is 65.0 Å². The van der Waals surface area contributed by atoms with Crippen LogP contribution in [0.15, 0.2) is 43.1 Å². The Hall–Kier alpha value is -4.00. The van der Waals surface area contributed by atoms with Crippen LogP contribution in [0.2, 0.25) is 5.02 Å². The molecule has 0 aromatic carbocycles. The van der Waals surface area contributed by atoms with Crippen LogP contribution in [0, 0.1) is 0 Å². The zero-order chi connectivity index (χ0) is 25.3. The number of hydrogen-bond donors (Lipinski definition) is 1. The molecule has 0 aliphatic heterocycles. The highest BCUT2D eigenvalue weighted by atomic mass is 35.5. The summed E-state index contributed by atoms with van der Waals surface area (Å²) in [5.41, 5.74) is -1.19. The van der Waals surface area contributed by atoms with Gasteiger partial charge >= 0.3 is 6.18 Å². The van der Waals surface area contributed by atoms with Gasteiger partial charge in [-0.05, 0) is 12.0 Å². The van der Waals surface area contributed by atoms with Gasteiger partial charge in [-0.1, -0.05) is 25.4 Å². The molecule has 0 radical (unpaired) electrons. The van der Waals surface area contributed by atoms with Gasteiger partial charge < -0.3 is 10.1 Å². The standard InChI is InChI=1S/C21H18ClF3N8O2/c1-11(2)13-8-12(9-27-18(13)33-28-6-7-29-33)31-20(34)14-10-30-32(17(14)21(23,24)25)19-16(22)15(35-3)4-5-26-19/h4-11H,1-3H3,(H,31,34). The number of anilines is 1. The first-order valence-electron chi connectivity index (χ1n) is 10.1. The summed E-state index contributed by atoms with van der Waals surface area (Å²) in [7, 11) is 1.31. The average Bonchev–Trinajstić information content (AvgIpc) is 3.49. The van der Waals surface area contributed by atoms with Crippen LogP contribution in [0.5, 0.6) is 5.75 Å². The number of aromatic nitrogens is 7. The molecule has 14 heteroatoms. The van der Waals surface area contributed by atoms with Gasteiger partial charge in [-0.15, -0.1) is 4.80 Å². The Bertz CT molecular complexity index is 1370. The van der Waals surface area contributed by atoms with Crippen molar-refractivity contribution in [1.29, 1.82) is 0 Å². The third-order valence-corrected chi connectivity index (χ3v) is 5.28. The van der Waals surface area contributed by atoms with Crippen LogP contribution in [0.3, 0.4) is 0 Å². The predicted octanol–water partition coefficient (Wildman–Crippen LogP) is 4.30. The minimum Gasteiger partial charge on any atom is -0.495 e. The first-order chi connectivity index (χ1) is 16.6. The van der Waals surface area contributed by atoms with E-state index in [4.69, 9.17) is 16.3 Å². The van der Waals surface area contributed by atoms with E-state index in [-0.39, 0.29) is 28.2 Å². The van der Waals surface area contributed by atoms with Crippen molar-refractivity contribution >= 4 is 23.2 Å². The predicted molar refractivity (Wildman–Crippen MR) is 119 cm³/mol. The summed E-state index contributed by atoms with van der Waals surface area (Å²) in [5, 5.41) is 14.1. The maximum atomic E-state index is 14.0. The SMILES string of the molecule is COc1ccnc(-n2ncc(C(=O)Nc3cnc(-n4nccn4)c(C(C)C)c3)c2C(F)(F)F)c1Cl. The second-order valence-electron chi connectivity index (χ2n) is 7.53. The molecular formula is C21H18ClF3N8O2. The lowest BCUT2D eigenvalue weighted by Gasteiger charge is -2.15. The monoisotopic (exact) mass is 506 g/mol. The fourth-order valence-corrected chi connectivity index (χ4v) is 3.60. The molecule has 0 saturated heterocycles. The third-order valence-electron chi connectivity index (χ3n) is 4.92. The minimum absolute atomic E-state index is 0.0462. The van der Waals surface area contributed by atoms with Crippen molar-refractivity contribution in [2.75, 3.05) is 12.4 Å². The number of carbonyl (C=O) groups is 1. The fraction of sp³-hybridized carbons (Fsp3) is 0.238. The zero-order valence-electron chi connectivity index (χ0n) is 18.6. The fourth-order valence-electron chi connectivity index (χ4n) is 3.33. The van der Waals surface area contributed by atoms with Crippen molar-refractivity contribution < 1.29 is 22.7 Å². The highest BCUT2D eigenvalue weighted by Crippen LogP contribution is 2.37. The number of amides is 1. The molecule has 4 heterocycles. The number of methoxy groups -OCH3 is 1. The molecule has 4 aromatic heterocycles. The maximum absolute atomic E-state index is 14.0. The zero-order valence-corrected chi connectivity index (χ0v) is 19.3. The molecule has 4 rings (SSSR count). The highest BCUT2D eigenvalue weighted by Gasteiger charge is 2.41. The Morgan fingerprint density at radius 3 is 2.43 bits per heavy atom. The summed E-state index contributed by atoms with van der Waals surface area (Å²) >= 11 is 6.15. The summed E-state index contributed by atoms with van der Waals surface area (Å²) < 4.78 is 47.7. The molecule has 0 aliphatic carbocycles. The molecule has 182 valence electrons. The van der Waals surface area contributed by atoms with Crippen molar-refractivity contribution in [3.8, 4) is 17.4 Å². The molecule has 0 fully saturated rings. The van der Waals surface area contributed by atoms with E-state index >= 15 is 0 Å². The number of carbonyl (C=O) groups excluding carboxylic acids is 1. The molecule has 1 N–H and O–H groups in total. The molecule has 0 spiro atoms. The summed E-state index contributed by atoms with van der Waals surface area (Å²) in [6.45, 7) is 3.79. The molecule has 0 unspecified atom stereocenters. The van der Waals surface area contributed by atoms with Gasteiger partial charge in [0.25, 0.3) is 5.91 Å². The largest absolute Gasteiger partial charge is 0.495 e. The number of rotatable bonds is 6. The smallest absolute Gasteiger partial charge is 0.434 e. The number of ether oxygens (including phenoxy) is 1. The van der Waals surface area contributed by atoms with E-state index in [0.717, 1.165) is 6.20 Å². The molecule has 0 atom stereocenters. The van der Waals surface area contributed by atoms with Crippen LogP contribution in [0.1, 0.15) is 41.4 Å². The van der Waals surface area contributed by atoms with E-state index in [0.29, 0.717) is 16.1 Å². The van der Waals surface area contributed by atoms with Gasteiger partial charge in [0.1, 0.15) is 10.8 Å². The third kappa shape index (κ3) is 4.67. The number of hydrogen-bond acceptors (Lipinski definition) is 7. The second kappa shape index (κ2) is 9.33. The lowest BCUT2D eigenvalue weighted by atomic mass is 10.0. The lowest BCUT2D eigenvalue weighted by molar-refractivity contribution is -0.143. The minimum atomic E-state index is -4.95. The van der Waals surface area contributed by atoms with Crippen LogP contribution in [0.4, 0.5) is 18.9 Å². The van der Waals surface area contributed by atoms with E-state index in [1.165, 1.54) is 42.8 Å². The van der Waals surface area contributed by atoms with Crippen LogP contribution in [0.25, 0.3) is 11.6 Å². The van der Waals surface area contributed by atoms with Crippen molar-refractivity contribution in [2.45, 2.75) is 25.9 Å². The lowest BCUT2D eigenvalue weighted by Crippen LogP contribution is -2.21. The normalized spacial score (nSPS) is 11.7. The van der Waals surface area contributed by atoms with Crippen molar-refractivity contribution in [2.24, 2.45) is 0 Å². The Kier molecular flexibility index (Phi) is 6.43. The summed E-state index contributed by atoms with van der Waals surface area (Å²) in [5.74, 6) is -0.882. The molecule has 0 bridgehead atoms. The van der Waals surface area contributed by atoms with Crippen molar-refractivity contribution in [3.63, 3.8) is 0 Å². The second-order valence-corrected chi connectivity index (χ2v) is 7.91. The summed E-state index contributed by atoms with van der Waals surface area (Å²) in [4.78, 5) is 22.4. The highest BCUT2D eigenvalue weighted by molar-refractivity contribution is 6.33. The molecule has 1 amide bonds. The van der Waals surface area contributed by atoms with Gasteiger partial charge in [0.15, 0.2) is 17.3 Å². The average molecular weight is 507 g/mol. The van der Waals surface area contributed by atoms with Crippen molar-refractivity contribution in [1.82, 2.24) is 34.7 Å². The van der Waals surface area contributed by atoms with Crippen LogP contribution in [-0.2, 0) is 6.18 Å². The van der Waals surface area contributed by atoms with Crippen LogP contribution < -0.4 is 10.1 Å². The summed E-state index contributed by atoms with van der Waals surface area (Å²) in [6.07, 6.45) is 1.35. The number of pyridine rings is 2. The first-order valence-corrected chi connectivity index (χ1v) is 10.5. The molecule has 4 aromatic rings. The molecular weight excluding hydrogens is 489 g/mol. The van der Waals surface area contributed by atoms with Crippen LogP contribution >= 0.6 is 11.6 Å². The van der Waals surface area contributed by atoms with Gasteiger partial charge in [0.05, 0.1) is 43.1 Å². The van der Waals surface area contributed by atoms with Gasteiger partial charge in [0.2, 0.25) is 0 Å². The number of alkyl halides is 3. The topological polar surface area (TPSA) is 113 Å². The maximum Gasteiger partial charge on any atom is 0.434 e. The molecule has 35 heavy (non-hydrogen) atoms. The number of nitrogens with one attached hydrogen (secondary N) is 1. The number of nitrogens with zero attached hydrogens (tertiary/aromatic N) is 7. The summed E-state index contributed by atoms with van der Waals surface area (Å²) in [6, 6.07) is 2.99. The first kappa shape index (κ1) is 24.1. The van der Waals surface area contributed by atoms with E-state index in [9.17, 15) is 18.0 Å². The Balaban J connectivity index is 1.73. The van der Waals surface area contributed by atoms with E-state index in [1.54, 1.807) is 6.07 Å². The van der Waals surface area contributed by atoms with E-state index in [2.05, 4.69) is 30.6 Å². The van der Waals surface area contributed by atoms with Gasteiger partial charge in [0, 0.05) is 17.8 Å². The van der Waals surface area contributed by atoms with E-state index < -0.39 is 23.3 Å². The van der Waals surface area contributed by atoms with Gasteiger partial charge in [-0.25, -0.2) is 14.6 Å². The number of halogens is 4. The van der Waals surface area contributed by atoms with Gasteiger partial charge in [-0.3, -0.25) is 4.79 Å². The Morgan fingerprint density at radius 1 is 1.09 bits per heavy atom. The van der Waals surface area contributed by atoms with E-state index in [1.807, 2.05) is 13.8 Å². The molecule has 0 saturated carbocycles. The Labute approximate surface area is 201 Å². The van der Waals surface area contributed by atoms with Crippen LogP contribution in [-0.4, -0.2) is 47.8 Å². The molecule has 0 aliphatic rings.